The number of ether oxygens (including phenoxy) is 1. The second kappa shape index (κ2) is 9.68. The number of allylic oxidation sites excluding steroid dienone is 3. The molecule has 1 amide bonds. The Morgan fingerprint density at radius 1 is 1.15 bits per heavy atom. The molecule has 0 aromatic heterocycles. The molecule has 1 aliphatic rings. The van der Waals surface area contributed by atoms with Crippen molar-refractivity contribution in [3.05, 3.63) is 53.6 Å². The van der Waals surface area contributed by atoms with Crippen LogP contribution in [-0.4, -0.2) is 62.3 Å². The molecule has 0 radical (unpaired) electrons. The molecule has 2 rings (SSSR count). The Bertz CT molecular complexity index is 843. The number of carbonyl (C=O) groups excluding carboxylic acids is 2. The maximum absolute atomic E-state index is 12.7. The SMILES string of the molecule is C/C=C/C=C/C(=O)OCC(=O)N1CCN(S(=O)(=O)c2ccccc2Cl)CC1. The van der Waals surface area contributed by atoms with E-state index in [4.69, 9.17) is 16.3 Å². The zero-order valence-corrected chi connectivity index (χ0v) is 16.4. The monoisotopic (exact) mass is 412 g/mol. The predicted molar refractivity (Wildman–Crippen MR) is 102 cm³/mol. The second-order valence-corrected chi connectivity index (χ2v) is 8.02. The predicted octanol–water partition coefficient (Wildman–Crippen LogP) is 1.85. The highest BCUT2D eigenvalue weighted by Gasteiger charge is 2.31. The molecule has 0 bridgehead atoms. The fourth-order valence-corrected chi connectivity index (χ4v) is 4.40. The van der Waals surface area contributed by atoms with E-state index in [2.05, 4.69) is 0 Å². The van der Waals surface area contributed by atoms with Crippen LogP contribution in [0, 0.1) is 0 Å². The van der Waals surface area contributed by atoms with Gasteiger partial charge in [0.25, 0.3) is 5.91 Å². The van der Waals surface area contributed by atoms with Gasteiger partial charge in [-0.3, -0.25) is 4.79 Å². The highest BCUT2D eigenvalue weighted by molar-refractivity contribution is 7.89. The third-order valence-electron chi connectivity index (χ3n) is 3.92. The molecule has 146 valence electrons. The molecule has 1 heterocycles. The van der Waals surface area contributed by atoms with Gasteiger partial charge in [-0.1, -0.05) is 42.0 Å². The molecule has 1 fully saturated rings. The van der Waals surface area contributed by atoms with E-state index in [9.17, 15) is 18.0 Å². The number of piperazine rings is 1. The van der Waals surface area contributed by atoms with Crippen molar-refractivity contribution in [2.45, 2.75) is 11.8 Å². The van der Waals surface area contributed by atoms with Gasteiger partial charge in [-0.25, -0.2) is 13.2 Å². The third-order valence-corrected chi connectivity index (χ3v) is 6.32. The molecule has 1 aromatic carbocycles. The van der Waals surface area contributed by atoms with Crippen LogP contribution in [0.3, 0.4) is 0 Å². The molecule has 0 atom stereocenters. The molecule has 0 spiro atoms. The highest BCUT2D eigenvalue weighted by Crippen LogP contribution is 2.24. The van der Waals surface area contributed by atoms with Crippen LogP contribution in [0.25, 0.3) is 0 Å². The van der Waals surface area contributed by atoms with Gasteiger partial charge >= 0.3 is 5.97 Å². The van der Waals surface area contributed by atoms with Crippen molar-refractivity contribution in [2.75, 3.05) is 32.8 Å². The van der Waals surface area contributed by atoms with Gasteiger partial charge in [-0.2, -0.15) is 4.31 Å². The quantitative estimate of drug-likeness (QED) is 0.404. The first-order valence-electron chi connectivity index (χ1n) is 8.35. The van der Waals surface area contributed by atoms with E-state index in [1.54, 1.807) is 24.3 Å². The molecule has 1 aromatic rings. The fraction of sp³-hybridized carbons (Fsp3) is 0.333. The molecule has 0 N–H and O–H groups in total. The first-order chi connectivity index (χ1) is 12.9. The van der Waals surface area contributed by atoms with Crippen LogP contribution in [0.2, 0.25) is 5.02 Å². The zero-order valence-electron chi connectivity index (χ0n) is 14.9. The minimum Gasteiger partial charge on any atom is -0.452 e. The lowest BCUT2D eigenvalue weighted by molar-refractivity contribution is -0.148. The van der Waals surface area contributed by atoms with Crippen LogP contribution in [0.4, 0.5) is 0 Å². The number of nitrogens with zero attached hydrogens (tertiary/aromatic N) is 2. The summed E-state index contributed by atoms with van der Waals surface area (Å²) in [6, 6.07) is 6.24. The first-order valence-corrected chi connectivity index (χ1v) is 10.2. The number of halogens is 1. The summed E-state index contributed by atoms with van der Waals surface area (Å²) in [6.07, 6.45) is 6.17. The Hall–Kier alpha value is -2.16. The Morgan fingerprint density at radius 3 is 2.44 bits per heavy atom. The molecule has 27 heavy (non-hydrogen) atoms. The Morgan fingerprint density at radius 2 is 1.81 bits per heavy atom. The lowest BCUT2D eigenvalue weighted by Crippen LogP contribution is -2.51. The number of rotatable bonds is 6. The number of esters is 1. The molecule has 1 saturated heterocycles. The van der Waals surface area contributed by atoms with Crippen LogP contribution < -0.4 is 0 Å². The van der Waals surface area contributed by atoms with Crippen molar-refractivity contribution in [3.63, 3.8) is 0 Å². The number of hydrogen-bond donors (Lipinski definition) is 0. The average molecular weight is 413 g/mol. The maximum Gasteiger partial charge on any atom is 0.331 e. The minimum absolute atomic E-state index is 0.0493. The summed E-state index contributed by atoms with van der Waals surface area (Å²) in [4.78, 5) is 25.1. The van der Waals surface area contributed by atoms with Gasteiger partial charge in [0.05, 0.1) is 5.02 Å². The first kappa shape index (κ1) is 21.1. The van der Waals surface area contributed by atoms with Gasteiger partial charge in [0.2, 0.25) is 10.0 Å². The fourth-order valence-electron chi connectivity index (χ4n) is 2.49. The maximum atomic E-state index is 12.7. The van der Waals surface area contributed by atoms with Gasteiger partial charge < -0.3 is 9.64 Å². The summed E-state index contributed by atoms with van der Waals surface area (Å²) < 4.78 is 31.5. The van der Waals surface area contributed by atoms with Crippen LogP contribution in [-0.2, 0) is 24.3 Å². The summed E-state index contributed by atoms with van der Waals surface area (Å²) in [5.41, 5.74) is 0. The van der Waals surface area contributed by atoms with Gasteiger partial charge in [-0.15, -0.1) is 0 Å². The van der Waals surface area contributed by atoms with Gasteiger partial charge in [0.15, 0.2) is 6.61 Å². The Balaban J connectivity index is 1.88. The van der Waals surface area contributed by atoms with Gasteiger partial charge in [-0.05, 0) is 19.1 Å². The van der Waals surface area contributed by atoms with E-state index >= 15 is 0 Å². The smallest absolute Gasteiger partial charge is 0.331 e. The normalized spacial score (nSPS) is 16.1. The minimum atomic E-state index is -3.72. The van der Waals surface area contributed by atoms with Crippen molar-refractivity contribution in [1.29, 1.82) is 0 Å². The van der Waals surface area contributed by atoms with E-state index in [0.29, 0.717) is 0 Å². The summed E-state index contributed by atoms with van der Waals surface area (Å²) in [5, 5.41) is 0.161. The number of amides is 1. The lowest BCUT2D eigenvalue weighted by atomic mass is 10.3. The third kappa shape index (κ3) is 5.66. The molecule has 9 heteroatoms. The summed E-state index contributed by atoms with van der Waals surface area (Å²) in [6.45, 7) is 2.16. The van der Waals surface area contributed by atoms with Crippen molar-refractivity contribution < 1.29 is 22.7 Å². The second-order valence-electron chi connectivity index (χ2n) is 5.71. The van der Waals surface area contributed by atoms with Crippen molar-refractivity contribution in [3.8, 4) is 0 Å². The highest BCUT2D eigenvalue weighted by atomic mass is 35.5. The lowest BCUT2D eigenvalue weighted by Gasteiger charge is -2.34. The summed E-state index contributed by atoms with van der Waals surface area (Å²) >= 11 is 5.99. The zero-order chi connectivity index (χ0) is 19.9. The number of hydrogen-bond acceptors (Lipinski definition) is 5. The van der Waals surface area contributed by atoms with E-state index in [0.717, 1.165) is 0 Å². The largest absolute Gasteiger partial charge is 0.452 e. The van der Waals surface area contributed by atoms with E-state index in [-0.39, 0.29) is 48.6 Å². The van der Waals surface area contributed by atoms with Crippen molar-refractivity contribution >= 4 is 33.5 Å². The Kier molecular flexibility index (Phi) is 7.58. The molecular weight excluding hydrogens is 392 g/mol. The molecule has 7 nitrogen and oxygen atoms in total. The van der Waals surface area contributed by atoms with E-state index in [1.165, 1.54) is 33.5 Å². The summed E-state index contributed by atoms with van der Waals surface area (Å²) in [5.74, 6) is -0.973. The average Bonchev–Trinajstić information content (AvgIpc) is 2.66. The molecule has 0 unspecified atom stereocenters. The van der Waals surface area contributed by atoms with Crippen molar-refractivity contribution in [1.82, 2.24) is 9.21 Å². The van der Waals surface area contributed by atoms with E-state index in [1.807, 2.05) is 6.92 Å². The Labute approximate surface area is 163 Å². The van der Waals surface area contributed by atoms with Crippen molar-refractivity contribution in [2.24, 2.45) is 0 Å². The topological polar surface area (TPSA) is 84.0 Å². The van der Waals surface area contributed by atoms with Crippen LogP contribution in [0.5, 0.6) is 0 Å². The van der Waals surface area contributed by atoms with Crippen LogP contribution in [0.1, 0.15) is 6.92 Å². The molecule has 0 aliphatic carbocycles. The number of carbonyl (C=O) groups is 2. The van der Waals surface area contributed by atoms with Crippen LogP contribution >= 0.6 is 11.6 Å². The molecule has 1 aliphatic heterocycles. The standard InChI is InChI=1S/C18H21ClN2O5S/c1-2-3-4-9-18(23)26-14-17(22)20-10-12-21(13-11-20)27(24,25)16-8-6-5-7-15(16)19/h2-9H,10-14H2,1H3/b3-2+,9-4+. The van der Waals surface area contributed by atoms with Crippen LogP contribution in [0.15, 0.2) is 53.5 Å². The van der Waals surface area contributed by atoms with Gasteiger partial charge in [0, 0.05) is 32.3 Å². The summed E-state index contributed by atoms with van der Waals surface area (Å²) in [7, 11) is -3.72. The number of sulfonamides is 1. The van der Waals surface area contributed by atoms with Gasteiger partial charge in [0.1, 0.15) is 4.90 Å². The molecule has 0 saturated carbocycles. The molecular formula is C18H21ClN2O5S. The van der Waals surface area contributed by atoms with E-state index < -0.39 is 16.0 Å². The number of benzene rings is 1.